The molecule has 122 valence electrons. The van der Waals surface area contributed by atoms with Crippen molar-refractivity contribution < 1.29 is 22.7 Å². The Morgan fingerprint density at radius 2 is 1.92 bits per heavy atom. The number of methoxy groups -OCH3 is 1. The number of rotatable bonds is 3. The third kappa shape index (κ3) is 2.96. The number of carbonyl (C=O) groups excluding carboxylic acids is 1. The van der Waals surface area contributed by atoms with Crippen LogP contribution in [0.25, 0.3) is 10.8 Å². The van der Waals surface area contributed by atoms with Gasteiger partial charge in [0.25, 0.3) is 5.91 Å². The number of benzene rings is 2. The molecule has 1 heterocycles. The summed E-state index contributed by atoms with van der Waals surface area (Å²) >= 11 is 0. The molecule has 0 saturated heterocycles. The molecule has 0 saturated carbocycles. The number of halogens is 2. The van der Waals surface area contributed by atoms with E-state index in [1.807, 2.05) is 0 Å². The fraction of sp³-hybridized carbons (Fsp3) is 0.0588. The van der Waals surface area contributed by atoms with Crippen LogP contribution in [-0.4, -0.2) is 13.0 Å². The first kappa shape index (κ1) is 15.7. The van der Waals surface area contributed by atoms with Gasteiger partial charge in [-0.1, -0.05) is 6.07 Å². The Balaban J connectivity index is 1.94. The standard InChI is InChI=1S/C17H11F2NO4/c1-23-14-8-11(4-5-13(14)19)20-16(21)15-6-9-2-3-10(18)7-12(9)17(22)24-15/h2-8H,1H3,(H,20,21). The summed E-state index contributed by atoms with van der Waals surface area (Å²) in [5.41, 5.74) is -0.561. The van der Waals surface area contributed by atoms with Gasteiger partial charge in [0.05, 0.1) is 12.5 Å². The van der Waals surface area contributed by atoms with E-state index in [1.165, 1.54) is 37.4 Å². The van der Waals surface area contributed by atoms with Crippen molar-refractivity contribution in [1.82, 2.24) is 0 Å². The summed E-state index contributed by atoms with van der Waals surface area (Å²) in [5, 5.41) is 2.88. The van der Waals surface area contributed by atoms with Crippen LogP contribution in [0.1, 0.15) is 10.6 Å². The predicted octanol–water partition coefficient (Wildman–Crippen LogP) is 3.33. The van der Waals surface area contributed by atoms with Crippen LogP contribution in [0, 0.1) is 11.6 Å². The van der Waals surface area contributed by atoms with Crippen molar-refractivity contribution >= 4 is 22.4 Å². The van der Waals surface area contributed by atoms with E-state index in [4.69, 9.17) is 9.15 Å². The van der Waals surface area contributed by atoms with Crippen molar-refractivity contribution in [2.75, 3.05) is 12.4 Å². The van der Waals surface area contributed by atoms with E-state index in [-0.39, 0.29) is 22.6 Å². The van der Waals surface area contributed by atoms with Gasteiger partial charge >= 0.3 is 5.63 Å². The van der Waals surface area contributed by atoms with Gasteiger partial charge in [0.15, 0.2) is 17.3 Å². The first-order chi connectivity index (χ1) is 11.5. The van der Waals surface area contributed by atoms with Crippen molar-refractivity contribution in [1.29, 1.82) is 0 Å². The largest absolute Gasteiger partial charge is 0.494 e. The lowest BCUT2D eigenvalue weighted by Crippen LogP contribution is -2.15. The van der Waals surface area contributed by atoms with Crippen LogP contribution >= 0.6 is 0 Å². The van der Waals surface area contributed by atoms with Gasteiger partial charge < -0.3 is 14.5 Å². The third-order valence-electron chi connectivity index (χ3n) is 3.36. The minimum atomic E-state index is -0.825. The van der Waals surface area contributed by atoms with Crippen LogP contribution in [-0.2, 0) is 0 Å². The van der Waals surface area contributed by atoms with Gasteiger partial charge in [-0.25, -0.2) is 13.6 Å². The molecule has 0 aliphatic heterocycles. The molecule has 0 unspecified atom stereocenters. The fourth-order valence-corrected chi connectivity index (χ4v) is 2.20. The SMILES string of the molecule is COc1cc(NC(=O)c2cc3ccc(F)cc3c(=O)o2)ccc1F. The van der Waals surface area contributed by atoms with Crippen molar-refractivity contribution in [3.05, 3.63) is 70.3 Å². The van der Waals surface area contributed by atoms with Gasteiger partial charge in [-0.2, -0.15) is 0 Å². The van der Waals surface area contributed by atoms with Crippen molar-refractivity contribution in [3.8, 4) is 5.75 Å². The molecule has 0 aliphatic rings. The first-order valence-electron chi connectivity index (χ1n) is 6.86. The molecule has 7 heteroatoms. The highest BCUT2D eigenvalue weighted by Gasteiger charge is 2.14. The lowest BCUT2D eigenvalue weighted by atomic mass is 10.1. The Labute approximate surface area is 134 Å². The van der Waals surface area contributed by atoms with Gasteiger partial charge in [-0.3, -0.25) is 4.79 Å². The van der Waals surface area contributed by atoms with Crippen LogP contribution in [0.5, 0.6) is 5.75 Å². The van der Waals surface area contributed by atoms with Crippen LogP contribution in [0.15, 0.2) is 51.7 Å². The van der Waals surface area contributed by atoms with E-state index in [0.29, 0.717) is 5.39 Å². The van der Waals surface area contributed by atoms with Crippen LogP contribution in [0.4, 0.5) is 14.5 Å². The lowest BCUT2D eigenvalue weighted by molar-refractivity contribution is 0.0993. The summed E-state index contributed by atoms with van der Waals surface area (Å²) in [5.74, 6) is -2.14. The molecule has 0 fully saturated rings. The molecular formula is C17H11F2NO4. The Hall–Kier alpha value is -3.22. The molecule has 3 aromatic rings. The average molecular weight is 331 g/mol. The Morgan fingerprint density at radius 1 is 1.12 bits per heavy atom. The Morgan fingerprint density at radius 3 is 2.67 bits per heavy atom. The summed E-state index contributed by atoms with van der Waals surface area (Å²) in [6.45, 7) is 0. The van der Waals surface area contributed by atoms with Gasteiger partial charge in [-0.05, 0) is 35.7 Å². The molecular weight excluding hydrogens is 320 g/mol. The van der Waals surface area contributed by atoms with Crippen LogP contribution < -0.4 is 15.7 Å². The van der Waals surface area contributed by atoms with Crippen LogP contribution in [0.3, 0.4) is 0 Å². The van der Waals surface area contributed by atoms with E-state index in [0.717, 1.165) is 12.1 Å². The van der Waals surface area contributed by atoms with E-state index in [9.17, 15) is 18.4 Å². The molecule has 1 amide bonds. The van der Waals surface area contributed by atoms with Crippen molar-refractivity contribution in [2.45, 2.75) is 0 Å². The third-order valence-corrected chi connectivity index (χ3v) is 3.36. The topological polar surface area (TPSA) is 68.5 Å². The fourth-order valence-electron chi connectivity index (χ4n) is 2.20. The number of ether oxygens (including phenoxy) is 1. The van der Waals surface area contributed by atoms with Gasteiger partial charge in [0.2, 0.25) is 0 Å². The molecule has 2 aromatic carbocycles. The minimum absolute atomic E-state index is 0.0370. The summed E-state index contributed by atoms with van der Waals surface area (Å²) in [6, 6.07) is 8.67. The molecule has 24 heavy (non-hydrogen) atoms. The second kappa shape index (κ2) is 6.11. The zero-order valence-corrected chi connectivity index (χ0v) is 12.4. The van der Waals surface area contributed by atoms with Gasteiger partial charge in [-0.15, -0.1) is 0 Å². The lowest BCUT2D eigenvalue weighted by Gasteiger charge is -2.07. The number of hydrogen-bond donors (Lipinski definition) is 1. The monoisotopic (exact) mass is 331 g/mol. The number of anilines is 1. The normalized spacial score (nSPS) is 10.6. The van der Waals surface area contributed by atoms with E-state index < -0.39 is 23.2 Å². The summed E-state index contributed by atoms with van der Waals surface area (Å²) in [4.78, 5) is 24.1. The number of hydrogen-bond acceptors (Lipinski definition) is 4. The highest BCUT2D eigenvalue weighted by molar-refractivity contribution is 6.04. The molecule has 1 N–H and O–H groups in total. The number of fused-ring (bicyclic) bond motifs is 1. The molecule has 1 aromatic heterocycles. The summed E-state index contributed by atoms with van der Waals surface area (Å²) in [6.07, 6.45) is 0. The highest BCUT2D eigenvalue weighted by Crippen LogP contribution is 2.22. The van der Waals surface area contributed by atoms with E-state index in [1.54, 1.807) is 0 Å². The van der Waals surface area contributed by atoms with E-state index in [2.05, 4.69) is 5.32 Å². The minimum Gasteiger partial charge on any atom is -0.494 e. The second-order valence-electron chi connectivity index (χ2n) is 4.93. The predicted molar refractivity (Wildman–Crippen MR) is 83.3 cm³/mol. The summed E-state index contributed by atoms with van der Waals surface area (Å²) in [7, 11) is 1.30. The highest BCUT2D eigenvalue weighted by atomic mass is 19.1. The quantitative estimate of drug-likeness (QED) is 0.799. The average Bonchev–Trinajstić information content (AvgIpc) is 2.57. The zero-order valence-electron chi connectivity index (χ0n) is 12.4. The maximum atomic E-state index is 13.4. The number of nitrogens with one attached hydrogen (secondary N) is 1. The van der Waals surface area contributed by atoms with Crippen LogP contribution in [0.2, 0.25) is 0 Å². The molecule has 3 rings (SSSR count). The van der Waals surface area contributed by atoms with Crippen molar-refractivity contribution in [3.63, 3.8) is 0 Å². The molecule has 0 aliphatic carbocycles. The molecule has 0 spiro atoms. The Kier molecular flexibility index (Phi) is 3.99. The maximum Gasteiger partial charge on any atom is 0.344 e. The Bertz CT molecular complexity index is 998. The summed E-state index contributed by atoms with van der Waals surface area (Å²) < 4.78 is 36.3. The maximum absolute atomic E-state index is 13.4. The van der Waals surface area contributed by atoms with Gasteiger partial charge in [0, 0.05) is 11.8 Å². The smallest absolute Gasteiger partial charge is 0.344 e. The molecule has 0 bridgehead atoms. The number of carbonyl (C=O) groups is 1. The van der Waals surface area contributed by atoms with Crippen molar-refractivity contribution in [2.24, 2.45) is 0 Å². The molecule has 0 radical (unpaired) electrons. The molecule has 5 nitrogen and oxygen atoms in total. The second-order valence-corrected chi connectivity index (χ2v) is 4.93. The van der Waals surface area contributed by atoms with E-state index >= 15 is 0 Å². The van der Waals surface area contributed by atoms with Gasteiger partial charge in [0.1, 0.15) is 5.82 Å². The zero-order chi connectivity index (χ0) is 17.3. The first-order valence-corrected chi connectivity index (χ1v) is 6.86. The number of amides is 1. The molecule has 0 atom stereocenters.